The van der Waals surface area contributed by atoms with Gasteiger partial charge in [-0.25, -0.2) is 0 Å². The highest BCUT2D eigenvalue weighted by Crippen LogP contribution is 2.34. The number of amides is 2. The Labute approximate surface area is 233 Å². The average molecular weight is 538 g/mol. The van der Waals surface area contributed by atoms with E-state index < -0.39 is 11.8 Å². The van der Waals surface area contributed by atoms with Crippen LogP contribution in [0.15, 0.2) is 109 Å². The summed E-state index contributed by atoms with van der Waals surface area (Å²) in [6.45, 7) is 0. The van der Waals surface area contributed by atoms with Crippen molar-refractivity contribution < 1.29 is 19.8 Å². The molecule has 7 nitrogen and oxygen atoms in total. The van der Waals surface area contributed by atoms with Crippen LogP contribution in [0.3, 0.4) is 0 Å². The van der Waals surface area contributed by atoms with Crippen molar-refractivity contribution in [1.29, 1.82) is 0 Å². The van der Waals surface area contributed by atoms with Crippen molar-refractivity contribution in [2.45, 2.75) is 0 Å². The topological polar surface area (TPSA) is 114 Å². The largest absolute Gasteiger partial charge is 0.507 e. The predicted molar refractivity (Wildman–Crippen MR) is 163 cm³/mol. The van der Waals surface area contributed by atoms with E-state index in [1.165, 1.54) is 0 Å². The number of rotatable bonds is 4. The number of aromatic nitrogens is 1. The second-order valence-electron chi connectivity index (χ2n) is 9.95. The van der Waals surface area contributed by atoms with E-state index in [4.69, 9.17) is 0 Å². The van der Waals surface area contributed by atoms with Crippen molar-refractivity contribution in [3.8, 4) is 11.5 Å². The summed E-state index contributed by atoms with van der Waals surface area (Å²) in [6.07, 6.45) is 0. The van der Waals surface area contributed by atoms with Crippen LogP contribution >= 0.6 is 0 Å². The van der Waals surface area contributed by atoms with E-state index in [1.54, 1.807) is 48.5 Å². The number of aromatic amines is 1. The van der Waals surface area contributed by atoms with Gasteiger partial charge in [0.1, 0.15) is 11.5 Å². The Morgan fingerprint density at radius 3 is 1.78 bits per heavy atom. The molecule has 0 radical (unpaired) electrons. The van der Waals surface area contributed by atoms with E-state index >= 15 is 0 Å². The molecule has 1 heterocycles. The molecule has 7 heteroatoms. The standard InChI is InChI=1S/C34H23N3O4/c38-30-17-20-6-2-1-5-19(20)15-27(30)33(40)35-22-10-12-23(13-11-22)36-34(41)28-16-21-9-14-25-24-7-3-4-8-29(24)37-32(25)26(21)18-31(28)39/h1-18,37-39H,(H,35,40)(H,36,41). The summed E-state index contributed by atoms with van der Waals surface area (Å²) in [5.41, 5.74) is 3.21. The van der Waals surface area contributed by atoms with Crippen LogP contribution in [-0.4, -0.2) is 27.0 Å². The van der Waals surface area contributed by atoms with Crippen LogP contribution in [0.5, 0.6) is 11.5 Å². The molecule has 0 saturated heterocycles. The van der Waals surface area contributed by atoms with Gasteiger partial charge < -0.3 is 25.8 Å². The van der Waals surface area contributed by atoms with Gasteiger partial charge in [0, 0.05) is 33.1 Å². The summed E-state index contributed by atoms with van der Waals surface area (Å²) < 4.78 is 0. The summed E-state index contributed by atoms with van der Waals surface area (Å²) in [5, 5.41) is 32.2. The third-order valence-electron chi connectivity index (χ3n) is 7.37. The lowest BCUT2D eigenvalue weighted by atomic mass is 10.0. The molecule has 0 aliphatic carbocycles. The number of aromatic hydroxyl groups is 2. The fraction of sp³-hybridized carbons (Fsp3) is 0. The van der Waals surface area contributed by atoms with E-state index in [0.29, 0.717) is 11.4 Å². The van der Waals surface area contributed by atoms with Crippen LogP contribution in [0, 0.1) is 0 Å². The number of carbonyl (C=O) groups excluding carboxylic acids is 2. The number of hydrogen-bond acceptors (Lipinski definition) is 4. The number of benzene rings is 6. The van der Waals surface area contributed by atoms with Crippen LogP contribution in [-0.2, 0) is 0 Å². The third-order valence-corrected chi connectivity index (χ3v) is 7.37. The number of hydrogen-bond donors (Lipinski definition) is 5. The van der Waals surface area contributed by atoms with Gasteiger partial charge in [-0.05, 0) is 70.8 Å². The van der Waals surface area contributed by atoms with E-state index in [-0.39, 0.29) is 22.6 Å². The minimum absolute atomic E-state index is 0.106. The van der Waals surface area contributed by atoms with Crippen molar-refractivity contribution in [3.63, 3.8) is 0 Å². The number of phenols is 2. The quantitative estimate of drug-likeness (QED) is 0.160. The molecule has 0 fully saturated rings. The molecule has 0 spiro atoms. The van der Waals surface area contributed by atoms with Crippen molar-refractivity contribution in [3.05, 3.63) is 120 Å². The number of nitrogens with one attached hydrogen (secondary N) is 3. The number of carbonyl (C=O) groups is 2. The molecule has 2 amide bonds. The molecule has 0 atom stereocenters. The molecular weight excluding hydrogens is 514 g/mol. The Bertz CT molecular complexity index is 2160. The summed E-state index contributed by atoms with van der Waals surface area (Å²) in [7, 11) is 0. The summed E-state index contributed by atoms with van der Waals surface area (Å²) in [5.74, 6) is -1.14. The second-order valence-corrected chi connectivity index (χ2v) is 9.95. The highest BCUT2D eigenvalue weighted by atomic mass is 16.3. The van der Waals surface area contributed by atoms with Gasteiger partial charge in [-0.2, -0.15) is 0 Å². The first-order chi connectivity index (χ1) is 19.9. The maximum atomic E-state index is 13.1. The monoisotopic (exact) mass is 537 g/mol. The normalized spacial score (nSPS) is 11.3. The number of phenolic OH excluding ortho intramolecular Hbond substituents is 2. The Hall–Kier alpha value is -5.82. The van der Waals surface area contributed by atoms with Gasteiger partial charge in [0.05, 0.1) is 16.6 Å². The Kier molecular flexibility index (Phi) is 5.57. The molecule has 0 saturated carbocycles. The fourth-order valence-corrected chi connectivity index (χ4v) is 5.31. The first-order valence-electron chi connectivity index (χ1n) is 13.1. The zero-order valence-electron chi connectivity index (χ0n) is 21.6. The third kappa shape index (κ3) is 4.26. The number of fused-ring (bicyclic) bond motifs is 6. The average Bonchev–Trinajstić information content (AvgIpc) is 3.37. The van der Waals surface area contributed by atoms with Gasteiger partial charge in [0.2, 0.25) is 0 Å². The number of para-hydroxylation sites is 1. The molecule has 7 aromatic rings. The lowest BCUT2D eigenvalue weighted by molar-refractivity contribution is 0.101. The van der Waals surface area contributed by atoms with Crippen LogP contribution in [0.25, 0.3) is 43.4 Å². The summed E-state index contributed by atoms with van der Waals surface area (Å²) >= 11 is 0. The zero-order chi connectivity index (χ0) is 28.1. The summed E-state index contributed by atoms with van der Waals surface area (Å²) in [4.78, 5) is 29.4. The highest BCUT2D eigenvalue weighted by Gasteiger charge is 2.16. The van der Waals surface area contributed by atoms with E-state index in [9.17, 15) is 19.8 Å². The first kappa shape index (κ1) is 24.2. The highest BCUT2D eigenvalue weighted by molar-refractivity contribution is 6.19. The summed E-state index contributed by atoms with van der Waals surface area (Å²) in [6, 6.07) is 32.5. The number of anilines is 2. The van der Waals surface area contributed by atoms with Gasteiger partial charge in [0.15, 0.2) is 0 Å². The lowest BCUT2D eigenvalue weighted by Gasteiger charge is -2.11. The molecule has 41 heavy (non-hydrogen) atoms. The molecule has 0 aliphatic heterocycles. The Morgan fingerprint density at radius 2 is 1.10 bits per heavy atom. The van der Waals surface area contributed by atoms with Crippen molar-refractivity contribution in [2.24, 2.45) is 0 Å². The molecule has 7 rings (SSSR count). The first-order valence-corrected chi connectivity index (χ1v) is 13.1. The zero-order valence-corrected chi connectivity index (χ0v) is 21.6. The van der Waals surface area contributed by atoms with Crippen LogP contribution in [0.2, 0.25) is 0 Å². The van der Waals surface area contributed by atoms with E-state index in [1.807, 2.05) is 60.7 Å². The van der Waals surface area contributed by atoms with E-state index in [2.05, 4.69) is 15.6 Å². The van der Waals surface area contributed by atoms with Crippen LogP contribution < -0.4 is 10.6 Å². The van der Waals surface area contributed by atoms with Gasteiger partial charge in [-0.15, -0.1) is 0 Å². The SMILES string of the molecule is O=C(Nc1ccc(NC(=O)c2cc3ccc4c5ccccc5[nH]c4c3cc2O)cc1)c1cc2ccccc2cc1O. The molecule has 6 aromatic carbocycles. The van der Waals surface area contributed by atoms with Crippen LogP contribution in [0.1, 0.15) is 20.7 Å². The number of H-pyrrole nitrogens is 1. The Morgan fingerprint density at radius 1 is 0.537 bits per heavy atom. The second kappa shape index (κ2) is 9.43. The minimum Gasteiger partial charge on any atom is -0.507 e. The molecule has 0 bridgehead atoms. The fourth-order valence-electron chi connectivity index (χ4n) is 5.31. The van der Waals surface area contributed by atoms with Crippen molar-refractivity contribution >= 4 is 66.5 Å². The molecule has 1 aromatic heterocycles. The molecule has 198 valence electrons. The maximum Gasteiger partial charge on any atom is 0.259 e. The maximum absolute atomic E-state index is 13.1. The predicted octanol–water partition coefficient (Wildman–Crippen LogP) is 7.54. The Balaban J connectivity index is 1.10. The molecule has 0 unspecified atom stereocenters. The molecule has 5 N–H and O–H groups in total. The van der Waals surface area contributed by atoms with Crippen molar-refractivity contribution in [2.75, 3.05) is 10.6 Å². The van der Waals surface area contributed by atoms with Crippen molar-refractivity contribution in [1.82, 2.24) is 4.98 Å². The lowest BCUT2D eigenvalue weighted by Crippen LogP contribution is -2.13. The minimum atomic E-state index is -0.459. The van der Waals surface area contributed by atoms with Gasteiger partial charge >= 0.3 is 0 Å². The van der Waals surface area contributed by atoms with Crippen LogP contribution in [0.4, 0.5) is 11.4 Å². The van der Waals surface area contributed by atoms with E-state index in [0.717, 1.165) is 43.4 Å². The molecule has 0 aliphatic rings. The molecular formula is C34H23N3O4. The smallest absolute Gasteiger partial charge is 0.259 e. The van der Waals surface area contributed by atoms with Gasteiger partial charge in [-0.1, -0.05) is 54.6 Å². The van der Waals surface area contributed by atoms with Gasteiger partial charge in [0.25, 0.3) is 11.8 Å². The van der Waals surface area contributed by atoms with Gasteiger partial charge in [-0.3, -0.25) is 9.59 Å².